The van der Waals surface area contributed by atoms with Gasteiger partial charge in [0.25, 0.3) is 5.91 Å². The highest BCUT2D eigenvalue weighted by molar-refractivity contribution is 9.10. The number of methoxy groups -OCH3 is 2. The van der Waals surface area contributed by atoms with Gasteiger partial charge in [-0.1, -0.05) is 22.0 Å². The molecule has 0 atom stereocenters. The lowest BCUT2D eigenvalue weighted by molar-refractivity contribution is -0.120. The summed E-state index contributed by atoms with van der Waals surface area (Å²) < 4.78 is 11.4. The van der Waals surface area contributed by atoms with Crippen LogP contribution in [0.3, 0.4) is 0 Å². The third-order valence-corrected chi connectivity index (χ3v) is 3.90. The Kier molecular flexibility index (Phi) is 6.80. The van der Waals surface area contributed by atoms with Crippen molar-refractivity contribution < 1.29 is 19.1 Å². The highest BCUT2D eigenvalue weighted by Crippen LogP contribution is 2.28. The van der Waals surface area contributed by atoms with Gasteiger partial charge in [-0.25, -0.2) is 0 Å². The molecule has 2 N–H and O–H groups in total. The van der Waals surface area contributed by atoms with Crippen LogP contribution in [0.5, 0.6) is 11.5 Å². The highest BCUT2D eigenvalue weighted by Gasteiger charge is 2.13. The molecule has 0 aromatic heterocycles. The monoisotopic (exact) mass is 418 g/mol. The van der Waals surface area contributed by atoms with Crippen molar-refractivity contribution in [2.75, 3.05) is 19.5 Å². The molecule has 0 saturated heterocycles. The Morgan fingerprint density at radius 2 is 1.65 bits per heavy atom. The normalized spacial score (nSPS) is 10.8. The van der Waals surface area contributed by atoms with E-state index in [1.54, 1.807) is 43.5 Å². The molecule has 0 aliphatic carbocycles. The number of benzene rings is 2. The average molecular weight is 419 g/mol. The Hall–Kier alpha value is -2.80. The standard InChI is InChI=1S/C19H19BrN2O4/c1-12(23)21-16(19(24)22-15-7-5-14(20)6-8-15)10-13-4-9-17(25-2)18(11-13)26-3/h4-11H,1-3H3,(H,21,23)(H,22,24)/b16-10+. The van der Waals surface area contributed by atoms with E-state index in [9.17, 15) is 9.59 Å². The lowest BCUT2D eigenvalue weighted by Gasteiger charge is -2.11. The van der Waals surface area contributed by atoms with Gasteiger partial charge in [0.05, 0.1) is 14.2 Å². The number of nitrogens with one attached hydrogen (secondary N) is 2. The second-order valence-corrected chi connectivity index (χ2v) is 6.23. The van der Waals surface area contributed by atoms with E-state index < -0.39 is 5.91 Å². The zero-order valence-electron chi connectivity index (χ0n) is 14.6. The molecule has 0 heterocycles. The van der Waals surface area contributed by atoms with Crippen molar-refractivity contribution in [3.05, 3.63) is 58.2 Å². The quantitative estimate of drug-likeness (QED) is 0.702. The number of ether oxygens (including phenoxy) is 2. The first-order chi connectivity index (χ1) is 12.4. The van der Waals surface area contributed by atoms with Gasteiger partial charge in [-0.15, -0.1) is 0 Å². The number of anilines is 1. The van der Waals surface area contributed by atoms with Crippen LogP contribution >= 0.6 is 15.9 Å². The minimum atomic E-state index is -0.433. The Bertz CT molecular complexity index is 832. The fourth-order valence-corrected chi connectivity index (χ4v) is 2.45. The van der Waals surface area contributed by atoms with Crippen molar-refractivity contribution >= 4 is 39.5 Å². The Morgan fingerprint density at radius 3 is 2.23 bits per heavy atom. The second kappa shape index (κ2) is 9.05. The lowest BCUT2D eigenvalue weighted by Crippen LogP contribution is -2.28. The van der Waals surface area contributed by atoms with Gasteiger partial charge in [0.1, 0.15) is 5.70 Å². The Labute approximate surface area is 160 Å². The maximum Gasteiger partial charge on any atom is 0.272 e. The first kappa shape index (κ1) is 19.5. The number of halogens is 1. The molecule has 0 spiro atoms. The summed E-state index contributed by atoms with van der Waals surface area (Å²) in [5, 5.41) is 5.30. The predicted octanol–water partition coefficient (Wildman–Crippen LogP) is 3.58. The predicted molar refractivity (Wildman–Crippen MR) is 104 cm³/mol. The molecule has 0 fully saturated rings. The van der Waals surface area contributed by atoms with E-state index in [2.05, 4.69) is 26.6 Å². The van der Waals surface area contributed by atoms with E-state index >= 15 is 0 Å². The molecule has 2 rings (SSSR count). The van der Waals surface area contributed by atoms with Gasteiger partial charge in [-0.05, 0) is 48.0 Å². The minimum absolute atomic E-state index is 0.118. The molecule has 136 valence electrons. The van der Waals surface area contributed by atoms with Gasteiger partial charge >= 0.3 is 0 Å². The van der Waals surface area contributed by atoms with Crippen molar-refractivity contribution in [1.29, 1.82) is 0 Å². The summed E-state index contributed by atoms with van der Waals surface area (Å²) in [4.78, 5) is 24.0. The number of hydrogen-bond acceptors (Lipinski definition) is 4. The van der Waals surface area contributed by atoms with E-state index in [4.69, 9.17) is 9.47 Å². The summed E-state index contributed by atoms with van der Waals surface area (Å²) in [7, 11) is 3.07. The van der Waals surface area contributed by atoms with E-state index in [0.717, 1.165) is 4.47 Å². The SMILES string of the molecule is COc1ccc(/C=C(/NC(C)=O)C(=O)Nc2ccc(Br)cc2)cc1OC. The largest absolute Gasteiger partial charge is 0.493 e. The van der Waals surface area contributed by atoms with Gasteiger partial charge < -0.3 is 20.1 Å². The van der Waals surface area contributed by atoms with Crippen LogP contribution in [0.2, 0.25) is 0 Å². The third-order valence-electron chi connectivity index (χ3n) is 3.38. The molecule has 0 unspecified atom stereocenters. The van der Waals surface area contributed by atoms with Gasteiger partial charge in [0.2, 0.25) is 5.91 Å². The average Bonchev–Trinajstić information content (AvgIpc) is 2.62. The molecule has 0 radical (unpaired) electrons. The molecule has 26 heavy (non-hydrogen) atoms. The van der Waals surface area contributed by atoms with Crippen molar-refractivity contribution in [1.82, 2.24) is 5.32 Å². The molecular formula is C19H19BrN2O4. The number of carbonyl (C=O) groups excluding carboxylic acids is 2. The fourth-order valence-electron chi connectivity index (χ4n) is 2.19. The van der Waals surface area contributed by atoms with Crippen LogP contribution in [-0.4, -0.2) is 26.0 Å². The maximum absolute atomic E-state index is 12.6. The summed E-state index contributed by atoms with van der Waals surface area (Å²) in [5.74, 6) is 0.321. The van der Waals surface area contributed by atoms with E-state index in [0.29, 0.717) is 22.7 Å². The molecule has 0 bridgehead atoms. The first-order valence-corrected chi connectivity index (χ1v) is 8.50. The van der Waals surface area contributed by atoms with Crippen LogP contribution in [0, 0.1) is 0 Å². The number of rotatable bonds is 6. The summed E-state index contributed by atoms with van der Waals surface area (Å²) in [6.07, 6.45) is 1.57. The molecule has 0 aliphatic rings. The van der Waals surface area contributed by atoms with Crippen molar-refractivity contribution in [3.8, 4) is 11.5 Å². The summed E-state index contributed by atoms with van der Waals surface area (Å²) in [5.41, 5.74) is 1.41. The van der Waals surface area contributed by atoms with E-state index in [1.807, 2.05) is 12.1 Å². The minimum Gasteiger partial charge on any atom is -0.493 e. The molecule has 0 saturated carbocycles. The second-order valence-electron chi connectivity index (χ2n) is 5.31. The Balaban J connectivity index is 2.30. The summed E-state index contributed by atoms with van der Waals surface area (Å²) in [6.45, 7) is 1.34. The van der Waals surface area contributed by atoms with Gasteiger partial charge in [0, 0.05) is 17.1 Å². The first-order valence-electron chi connectivity index (χ1n) is 7.71. The molecule has 2 aromatic carbocycles. The lowest BCUT2D eigenvalue weighted by atomic mass is 10.1. The van der Waals surface area contributed by atoms with Crippen LogP contribution in [0.25, 0.3) is 6.08 Å². The van der Waals surface area contributed by atoms with Crippen molar-refractivity contribution in [2.24, 2.45) is 0 Å². The van der Waals surface area contributed by atoms with E-state index in [-0.39, 0.29) is 11.6 Å². The van der Waals surface area contributed by atoms with Gasteiger partial charge in [-0.2, -0.15) is 0 Å². The van der Waals surface area contributed by atoms with Crippen LogP contribution < -0.4 is 20.1 Å². The van der Waals surface area contributed by atoms with Gasteiger partial charge in [0.15, 0.2) is 11.5 Å². The molecule has 2 aromatic rings. The summed E-state index contributed by atoms with van der Waals surface area (Å²) in [6, 6.07) is 12.3. The van der Waals surface area contributed by atoms with Crippen LogP contribution in [-0.2, 0) is 9.59 Å². The van der Waals surface area contributed by atoms with Gasteiger partial charge in [-0.3, -0.25) is 9.59 Å². The van der Waals surface area contributed by atoms with Crippen LogP contribution in [0.1, 0.15) is 12.5 Å². The fraction of sp³-hybridized carbons (Fsp3) is 0.158. The molecular weight excluding hydrogens is 400 g/mol. The van der Waals surface area contributed by atoms with Crippen LogP contribution in [0.4, 0.5) is 5.69 Å². The number of hydrogen-bond donors (Lipinski definition) is 2. The zero-order valence-corrected chi connectivity index (χ0v) is 16.2. The third kappa shape index (κ3) is 5.35. The summed E-state index contributed by atoms with van der Waals surface area (Å²) >= 11 is 3.34. The smallest absolute Gasteiger partial charge is 0.272 e. The van der Waals surface area contributed by atoms with Crippen LogP contribution in [0.15, 0.2) is 52.6 Å². The Morgan fingerprint density at radius 1 is 1.00 bits per heavy atom. The van der Waals surface area contributed by atoms with Crippen molar-refractivity contribution in [2.45, 2.75) is 6.92 Å². The number of amides is 2. The topological polar surface area (TPSA) is 76.7 Å². The molecule has 6 nitrogen and oxygen atoms in total. The van der Waals surface area contributed by atoms with Crippen molar-refractivity contribution in [3.63, 3.8) is 0 Å². The van der Waals surface area contributed by atoms with E-state index in [1.165, 1.54) is 14.0 Å². The maximum atomic E-state index is 12.6. The molecule has 2 amide bonds. The molecule has 7 heteroatoms. The number of carbonyl (C=O) groups is 2. The highest BCUT2D eigenvalue weighted by atomic mass is 79.9. The zero-order chi connectivity index (χ0) is 19.1. The molecule has 0 aliphatic heterocycles.